The van der Waals surface area contributed by atoms with E-state index in [-0.39, 0.29) is 0 Å². The van der Waals surface area contributed by atoms with E-state index in [4.69, 9.17) is 0 Å². The molecule has 0 heterocycles. The van der Waals surface area contributed by atoms with Crippen LogP contribution in [0.3, 0.4) is 0 Å². The molecule has 0 aromatic heterocycles. The highest BCUT2D eigenvalue weighted by Gasteiger charge is 1.76. The molecule has 0 nitrogen and oxygen atoms in total. The van der Waals surface area contributed by atoms with Crippen molar-refractivity contribution in [3.8, 4) is 0 Å². The van der Waals surface area contributed by atoms with Crippen LogP contribution in [-0.2, 0) is 0 Å². The third kappa shape index (κ3) is 4.37. The Morgan fingerprint density at radius 3 is 2.62 bits per heavy atom. The first-order valence-corrected chi connectivity index (χ1v) is 3.87. The monoisotopic (exact) mass is 222 g/mol. The Bertz CT molecular complexity index is 101. The van der Waals surface area contributed by atoms with Crippen LogP contribution in [0.4, 0.5) is 0 Å². The number of hydrogen-bond donors (Lipinski definition) is 0. The number of hydrogen-bond acceptors (Lipinski definition) is 0. The highest BCUT2D eigenvalue weighted by molar-refractivity contribution is 14.1. The van der Waals surface area contributed by atoms with Gasteiger partial charge in [-0.05, 0) is 35.9 Å². The zero-order valence-corrected chi connectivity index (χ0v) is 7.47. The van der Waals surface area contributed by atoms with Gasteiger partial charge in [0.1, 0.15) is 0 Å². The second kappa shape index (κ2) is 5.35. The maximum atomic E-state index is 2.32. The first kappa shape index (κ1) is 8.21. The average molecular weight is 222 g/mol. The maximum absolute atomic E-state index is 2.32. The molecule has 46 valence electrons. The van der Waals surface area contributed by atoms with Crippen molar-refractivity contribution in [3.05, 3.63) is 21.8 Å². The van der Waals surface area contributed by atoms with Crippen molar-refractivity contribution in [3.63, 3.8) is 0 Å². The summed E-state index contributed by atoms with van der Waals surface area (Å²) < 4.78 is 1.33. The summed E-state index contributed by atoms with van der Waals surface area (Å²) in [7, 11) is 0. The Kier molecular flexibility index (Phi) is 5.49. The highest BCUT2D eigenvalue weighted by Crippen LogP contribution is 2.07. The molecule has 0 rings (SSSR count). The lowest BCUT2D eigenvalue weighted by atomic mass is 10.4. The van der Waals surface area contributed by atoms with Crippen LogP contribution in [-0.4, -0.2) is 0 Å². The molecule has 0 atom stereocenters. The highest BCUT2D eigenvalue weighted by atomic mass is 127. The number of rotatable bonds is 2. The van der Waals surface area contributed by atoms with Crippen LogP contribution in [0, 0.1) is 0 Å². The van der Waals surface area contributed by atoms with E-state index < -0.39 is 0 Å². The molecular formula is C7H11I. The fraction of sp³-hybridized carbons (Fsp3) is 0.429. The van der Waals surface area contributed by atoms with Crippen LogP contribution in [0.15, 0.2) is 21.8 Å². The van der Waals surface area contributed by atoms with Gasteiger partial charge in [-0.2, -0.15) is 0 Å². The summed E-state index contributed by atoms with van der Waals surface area (Å²) in [6.07, 6.45) is 7.47. The van der Waals surface area contributed by atoms with Crippen LogP contribution < -0.4 is 0 Å². The quantitative estimate of drug-likeness (QED) is 0.496. The smallest absolute Gasteiger partial charge is 0.00865 e. The van der Waals surface area contributed by atoms with Gasteiger partial charge in [0.2, 0.25) is 0 Å². The first-order valence-electron chi connectivity index (χ1n) is 2.79. The molecule has 0 saturated heterocycles. The Labute approximate surface area is 64.8 Å². The van der Waals surface area contributed by atoms with Gasteiger partial charge in [-0.15, -0.1) is 0 Å². The van der Waals surface area contributed by atoms with Crippen molar-refractivity contribution in [1.29, 1.82) is 0 Å². The molecule has 0 N–H and O–H groups in total. The zero-order valence-electron chi connectivity index (χ0n) is 5.32. The molecule has 0 amide bonds. The summed E-state index contributed by atoms with van der Waals surface area (Å²) >= 11 is 2.32. The van der Waals surface area contributed by atoms with E-state index in [2.05, 4.69) is 41.7 Å². The standard InChI is InChI=1S/C7H11I/c1-3-5-7(8)6-4-2/h3,5-6H,4H2,1-2H3/b5-3-,7-6+. The van der Waals surface area contributed by atoms with Crippen molar-refractivity contribution in [1.82, 2.24) is 0 Å². The van der Waals surface area contributed by atoms with Crippen molar-refractivity contribution >= 4 is 22.6 Å². The normalized spacial score (nSPS) is 13.1. The Morgan fingerprint density at radius 1 is 1.62 bits per heavy atom. The van der Waals surface area contributed by atoms with Gasteiger partial charge in [-0.3, -0.25) is 0 Å². The van der Waals surface area contributed by atoms with E-state index in [0.717, 1.165) is 6.42 Å². The molecule has 0 bridgehead atoms. The van der Waals surface area contributed by atoms with Crippen molar-refractivity contribution < 1.29 is 0 Å². The van der Waals surface area contributed by atoms with Gasteiger partial charge in [-0.25, -0.2) is 0 Å². The summed E-state index contributed by atoms with van der Waals surface area (Å²) in [5.41, 5.74) is 0. The topological polar surface area (TPSA) is 0 Å². The number of halogens is 1. The molecule has 0 unspecified atom stereocenters. The zero-order chi connectivity index (χ0) is 6.41. The molecule has 0 aliphatic rings. The minimum Gasteiger partial charge on any atom is -0.0866 e. The molecule has 0 aromatic rings. The lowest BCUT2D eigenvalue weighted by molar-refractivity contribution is 1.22. The fourth-order valence-electron chi connectivity index (χ4n) is 0.422. The van der Waals surface area contributed by atoms with Crippen molar-refractivity contribution in [2.45, 2.75) is 20.3 Å². The maximum Gasteiger partial charge on any atom is 0.00865 e. The summed E-state index contributed by atoms with van der Waals surface area (Å²) in [6, 6.07) is 0. The summed E-state index contributed by atoms with van der Waals surface area (Å²) in [4.78, 5) is 0. The second-order valence-electron chi connectivity index (χ2n) is 1.50. The SMILES string of the molecule is C/C=C\C(I)=C/CC. The van der Waals surface area contributed by atoms with E-state index in [1.165, 1.54) is 3.58 Å². The van der Waals surface area contributed by atoms with Crippen LogP contribution >= 0.6 is 22.6 Å². The average Bonchev–Trinajstić information content (AvgIpc) is 1.68. The van der Waals surface area contributed by atoms with Crippen molar-refractivity contribution in [2.75, 3.05) is 0 Å². The minimum atomic E-state index is 1.13. The predicted octanol–water partition coefficient (Wildman–Crippen LogP) is 3.29. The largest absolute Gasteiger partial charge is 0.0866 e. The van der Waals surface area contributed by atoms with E-state index in [0.29, 0.717) is 0 Å². The van der Waals surface area contributed by atoms with E-state index >= 15 is 0 Å². The third-order valence-electron chi connectivity index (χ3n) is 0.725. The van der Waals surface area contributed by atoms with E-state index in [1.54, 1.807) is 0 Å². The molecule has 1 heteroatoms. The lowest BCUT2D eigenvalue weighted by Crippen LogP contribution is -1.58. The molecule has 0 aliphatic heterocycles. The molecule has 8 heavy (non-hydrogen) atoms. The van der Waals surface area contributed by atoms with Gasteiger partial charge in [0.05, 0.1) is 0 Å². The van der Waals surface area contributed by atoms with Crippen LogP contribution in [0.2, 0.25) is 0 Å². The summed E-state index contributed by atoms with van der Waals surface area (Å²) in [5.74, 6) is 0. The molecule has 0 spiro atoms. The molecule has 0 radical (unpaired) electrons. The lowest BCUT2D eigenvalue weighted by Gasteiger charge is -1.83. The van der Waals surface area contributed by atoms with Gasteiger partial charge in [0, 0.05) is 3.58 Å². The van der Waals surface area contributed by atoms with E-state index in [1.807, 2.05) is 13.0 Å². The third-order valence-corrected chi connectivity index (χ3v) is 1.52. The Hall–Kier alpha value is 0.210. The summed E-state index contributed by atoms with van der Waals surface area (Å²) in [5, 5.41) is 0. The van der Waals surface area contributed by atoms with Gasteiger partial charge in [-0.1, -0.05) is 25.2 Å². The van der Waals surface area contributed by atoms with Crippen LogP contribution in [0.5, 0.6) is 0 Å². The van der Waals surface area contributed by atoms with Crippen LogP contribution in [0.1, 0.15) is 20.3 Å². The number of allylic oxidation sites excluding steroid dienone is 4. The second-order valence-corrected chi connectivity index (χ2v) is 2.74. The van der Waals surface area contributed by atoms with Crippen LogP contribution in [0.25, 0.3) is 0 Å². The molecule has 0 saturated carbocycles. The van der Waals surface area contributed by atoms with E-state index in [9.17, 15) is 0 Å². The van der Waals surface area contributed by atoms with Crippen molar-refractivity contribution in [2.24, 2.45) is 0 Å². The fourth-order valence-corrected chi connectivity index (χ4v) is 1.22. The Morgan fingerprint density at radius 2 is 2.25 bits per heavy atom. The molecule has 0 fully saturated rings. The Balaban J connectivity index is 3.61. The van der Waals surface area contributed by atoms with Gasteiger partial charge >= 0.3 is 0 Å². The summed E-state index contributed by atoms with van der Waals surface area (Å²) in [6.45, 7) is 4.17. The first-order chi connectivity index (χ1) is 3.81. The molecule has 0 aromatic carbocycles. The van der Waals surface area contributed by atoms with Gasteiger partial charge < -0.3 is 0 Å². The molecular weight excluding hydrogens is 211 g/mol. The minimum absolute atomic E-state index is 1.13. The predicted molar refractivity (Wildman–Crippen MR) is 47.2 cm³/mol. The van der Waals surface area contributed by atoms with Gasteiger partial charge in [0.15, 0.2) is 0 Å². The van der Waals surface area contributed by atoms with Gasteiger partial charge in [0.25, 0.3) is 0 Å². The molecule has 0 aliphatic carbocycles.